The summed E-state index contributed by atoms with van der Waals surface area (Å²) in [6.45, 7) is 7.08. The van der Waals surface area contributed by atoms with Gasteiger partial charge in [-0.25, -0.2) is 0 Å². The van der Waals surface area contributed by atoms with Gasteiger partial charge in [-0.1, -0.05) is 6.92 Å². The van der Waals surface area contributed by atoms with Gasteiger partial charge in [0.25, 0.3) is 0 Å². The lowest BCUT2D eigenvalue weighted by molar-refractivity contribution is -0.138. The van der Waals surface area contributed by atoms with Crippen LogP contribution in [-0.4, -0.2) is 53.5 Å². The normalized spacial score (nSPS) is 32.6. The predicted molar refractivity (Wildman–Crippen MR) is 64.0 cm³/mol. The van der Waals surface area contributed by atoms with Crippen molar-refractivity contribution in [2.75, 3.05) is 19.6 Å². The summed E-state index contributed by atoms with van der Waals surface area (Å²) in [7, 11) is 0. The van der Waals surface area contributed by atoms with Gasteiger partial charge in [-0.15, -0.1) is 0 Å². The van der Waals surface area contributed by atoms with Crippen LogP contribution in [0.1, 0.15) is 33.1 Å². The Balaban J connectivity index is 2.07. The molecule has 3 atom stereocenters. The zero-order valence-corrected chi connectivity index (χ0v) is 10.4. The summed E-state index contributed by atoms with van der Waals surface area (Å²) >= 11 is 0. The molecule has 2 heterocycles. The van der Waals surface area contributed by atoms with Crippen LogP contribution < -0.4 is 5.73 Å². The third kappa shape index (κ3) is 2.09. The van der Waals surface area contributed by atoms with Gasteiger partial charge in [0.05, 0.1) is 6.04 Å². The second-order valence-electron chi connectivity index (χ2n) is 5.13. The zero-order valence-electron chi connectivity index (χ0n) is 10.4. The molecule has 0 radical (unpaired) electrons. The molecule has 2 aliphatic heterocycles. The molecule has 2 unspecified atom stereocenters. The van der Waals surface area contributed by atoms with Crippen LogP contribution in [0.4, 0.5) is 0 Å². The molecule has 92 valence electrons. The van der Waals surface area contributed by atoms with E-state index in [0.717, 1.165) is 19.5 Å². The highest BCUT2D eigenvalue weighted by molar-refractivity contribution is 5.81. The fraction of sp³-hybridized carbons (Fsp3) is 0.917. The van der Waals surface area contributed by atoms with Crippen molar-refractivity contribution >= 4 is 5.91 Å². The van der Waals surface area contributed by atoms with E-state index in [9.17, 15) is 4.79 Å². The minimum atomic E-state index is -0.359. The van der Waals surface area contributed by atoms with Crippen molar-refractivity contribution in [3.8, 4) is 0 Å². The average Bonchev–Trinajstić information content (AvgIpc) is 2.72. The molecular formula is C12H23N3O. The highest BCUT2D eigenvalue weighted by Crippen LogP contribution is 2.26. The van der Waals surface area contributed by atoms with Crippen molar-refractivity contribution in [1.29, 1.82) is 0 Å². The van der Waals surface area contributed by atoms with Crippen molar-refractivity contribution in [3.63, 3.8) is 0 Å². The van der Waals surface area contributed by atoms with Crippen LogP contribution in [0.25, 0.3) is 0 Å². The van der Waals surface area contributed by atoms with Crippen LogP contribution in [-0.2, 0) is 4.79 Å². The first-order valence-electron chi connectivity index (χ1n) is 6.43. The molecule has 0 aromatic rings. The van der Waals surface area contributed by atoms with Gasteiger partial charge in [-0.2, -0.15) is 0 Å². The lowest BCUT2D eigenvalue weighted by Crippen LogP contribution is -2.60. The maximum Gasteiger partial charge on any atom is 0.239 e. The Morgan fingerprint density at radius 3 is 2.88 bits per heavy atom. The van der Waals surface area contributed by atoms with Gasteiger partial charge >= 0.3 is 0 Å². The zero-order chi connectivity index (χ0) is 11.7. The van der Waals surface area contributed by atoms with Crippen LogP contribution in [0.15, 0.2) is 0 Å². The number of hydrogen-bond donors (Lipinski definition) is 1. The molecule has 0 saturated carbocycles. The maximum absolute atomic E-state index is 12.0. The second kappa shape index (κ2) is 4.72. The highest BCUT2D eigenvalue weighted by Gasteiger charge is 2.38. The Bertz CT molecular complexity index is 267. The molecule has 4 nitrogen and oxygen atoms in total. The average molecular weight is 225 g/mol. The van der Waals surface area contributed by atoms with Crippen molar-refractivity contribution in [2.45, 2.75) is 51.2 Å². The molecule has 0 spiro atoms. The van der Waals surface area contributed by atoms with Crippen LogP contribution in [0.3, 0.4) is 0 Å². The van der Waals surface area contributed by atoms with Crippen molar-refractivity contribution in [2.24, 2.45) is 5.73 Å². The summed E-state index contributed by atoms with van der Waals surface area (Å²) in [5.41, 5.74) is 5.72. The fourth-order valence-electron chi connectivity index (χ4n) is 2.97. The lowest BCUT2D eigenvalue weighted by atomic mass is 10.0. The highest BCUT2D eigenvalue weighted by atomic mass is 16.2. The molecule has 1 amide bonds. The third-order valence-electron chi connectivity index (χ3n) is 3.94. The summed E-state index contributed by atoms with van der Waals surface area (Å²) in [6.07, 6.45) is 3.54. The van der Waals surface area contributed by atoms with E-state index in [2.05, 4.69) is 11.8 Å². The van der Waals surface area contributed by atoms with E-state index in [1.807, 2.05) is 4.90 Å². The molecule has 2 saturated heterocycles. The van der Waals surface area contributed by atoms with Gasteiger partial charge in [0, 0.05) is 25.2 Å². The van der Waals surface area contributed by atoms with Crippen molar-refractivity contribution in [3.05, 3.63) is 0 Å². The van der Waals surface area contributed by atoms with E-state index >= 15 is 0 Å². The molecule has 2 fully saturated rings. The molecule has 4 heteroatoms. The van der Waals surface area contributed by atoms with Crippen LogP contribution in [0.2, 0.25) is 0 Å². The Kier molecular flexibility index (Phi) is 3.50. The Labute approximate surface area is 97.8 Å². The number of hydrogen-bond acceptors (Lipinski definition) is 3. The van der Waals surface area contributed by atoms with Gasteiger partial charge in [-0.3, -0.25) is 9.69 Å². The minimum Gasteiger partial charge on any atom is -0.336 e. The lowest BCUT2D eigenvalue weighted by Gasteiger charge is -2.44. The smallest absolute Gasteiger partial charge is 0.239 e. The van der Waals surface area contributed by atoms with Gasteiger partial charge in [0.15, 0.2) is 0 Å². The molecule has 0 aromatic heterocycles. The number of fused-ring (bicyclic) bond motifs is 1. The maximum atomic E-state index is 12.0. The number of carbonyl (C=O) groups excluding carboxylic acids is 1. The molecule has 16 heavy (non-hydrogen) atoms. The third-order valence-corrected chi connectivity index (χ3v) is 3.94. The van der Waals surface area contributed by atoms with E-state index in [4.69, 9.17) is 5.73 Å². The number of carbonyl (C=O) groups is 1. The molecule has 0 aromatic carbocycles. The first-order chi connectivity index (χ1) is 7.63. The van der Waals surface area contributed by atoms with Gasteiger partial charge < -0.3 is 10.6 Å². The van der Waals surface area contributed by atoms with Crippen LogP contribution >= 0.6 is 0 Å². The topological polar surface area (TPSA) is 49.6 Å². The monoisotopic (exact) mass is 225 g/mol. The quantitative estimate of drug-likeness (QED) is 0.741. The number of nitrogens with zero attached hydrogens (tertiary/aromatic N) is 2. The van der Waals surface area contributed by atoms with Crippen molar-refractivity contribution < 1.29 is 4.79 Å². The van der Waals surface area contributed by atoms with E-state index in [0.29, 0.717) is 12.1 Å². The molecule has 2 N–H and O–H groups in total. The van der Waals surface area contributed by atoms with Crippen molar-refractivity contribution in [1.82, 2.24) is 9.80 Å². The Morgan fingerprint density at radius 2 is 2.25 bits per heavy atom. The first kappa shape index (κ1) is 11.9. The molecule has 0 aliphatic carbocycles. The summed E-state index contributed by atoms with van der Waals surface area (Å²) in [5, 5.41) is 0. The Morgan fingerprint density at radius 1 is 1.50 bits per heavy atom. The number of nitrogens with two attached hydrogens (primary N) is 1. The number of rotatable bonds is 2. The SMILES string of the molecule is CCC1CN2CCCC2CN1C(=O)[C@@H](C)N. The number of amides is 1. The summed E-state index contributed by atoms with van der Waals surface area (Å²) in [6, 6.07) is 0.598. The fourth-order valence-corrected chi connectivity index (χ4v) is 2.97. The standard InChI is InChI=1S/C12H23N3O/c1-3-10-7-14-6-4-5-11(14)8-15(10)12(16)9(2)13/h9-11H,3-8,13H2,1-2H3/t9-,10?,11?/m1/s1. The minimum absolute atomic E-state index is 0.124. The van der Waals surface area contributed by atoms with Gasteiger partial charge in [0.1, 0.15) is 0 Å². The van der Waals surface area contributed by atoms with E-state index in [1.165, 1.54) is 19.4 Å². The summed E-state index contributed by atoms with van der Waals surface area (Å²) in [4.78, 5) is 16.6. The molecular weight excluding hydrogens is 202 g/mol. The molecule has 2 rings (SSSR count). The largest absolute Gasteiger partial charge is 0.336 e. The van der Waals surface area contributed by atoms with Gasteiger partial charge in [-0.05, 0) is 32.7 Å². The molecule has 0 bridgehead atoms. The van der Waals surface area contributed by atoms with Crippen LogP contribution in [0.5, 0.6) is 0 Å². The van der Waals surface area contributed by atoms with E-state index in [1.54, 1.807) is 6.92 Å². The summed E-state index contributed by atoms with van der Waals surface area (Å²) in [5.74, 6) is 0.124. The molecule has 2 aliphatic rings. The van der Waals surface area contributed by atoms with Crippen LogP contribution in [0, 0.1) is 0 Å². The van der Waals surface area contributed by atoms with E-state index in [-0.39, 0.29) is 11.9 Å². The predicted octanol–water partition coefficient (Wildman–Crippen LogP) is 0.419. The second-order valence-corrected chi connectivity index (χ2v) is 5.13. The first-order valence-corrected chi connectivity index (χ1v) is 6.43. The van der Waals surface area contributed by atoms with E-state index < -0.39 is 0 Å². The summed E-state index contributed by atoms with van der Waals surface area (Å²) < 4.78 is 0. The Hall–Kier alpha value is -0.610. The van der Waals surface area contributed by atoms with Gasteiger partial charge in [0.2, 0.25) is 5.91 Å². The number of piperazine rings is 1.